The molecule has 5 rings (SSSR count). The number of anilines is 1. The highest BCUT2D eigenvalue weighted by molar-refractivity contribution is 5.70. The molecule has 0 atom stereocenters. The molecule has 9 nitrogen and oxygen atoms in total. The summed E-state index contributed by atoms with van der Waals surface area (Å²) in [4.78, 5) is 20.5. The molecule has 26 heavy (non-hydrogen) atoms. The van der Waals surface area contributed by atoms with Crippen molar-refractivity contribution >= 4 is 17.1 Å². The third-order valence-electron chi connectivity index (χ3n) is 5.29. The lowest BCUT2D eigenvalue weighted by Gasteiger charge is -2.20. The average Bonchev–Trinajstić information content (AvgIpc) is 3.20. The van der Waals surface area contributed by atoms with Gasteiger partial charge in [0.05, 0.1) is 19.1 Å². The number of fused-ring (bicyclic) bond motifs is 2. The van der Waals surface area contributed by atoms with Gasteiger partial charge in [0, 0.05) is 45.7 Å². The largest absolute Gasteiger partial charge is 0.381 e. The van der Waals surface area contributed by atoms with Gasteiger partial charge in [-0.05, 0) is 12.8 Å². The molecule has 0 spiro atoms. The van der Waals surface area contributed by atoms with E-state index >= 15 is 0 Å². The summed E-state index contributed by atoms with van der Waals surface area (Å²) in [5.41, 5.74) is 1.68. The van der Waals surface area contributed by atoms with E-state index in [0.29, 0.717) is 5.92 Å². The lowest BCUT2D eigenvalue weighted by molar-refractivity contribution is 0.0835. The third-order valence-corrected chi connectivity index (χ3v) is 5.29. The van der Waals surface area contributed by atoms with Crippen LogP contribution in [-0.4, -0.2) is 60.6 Å². The molecule has 136 valence electrons. The first kappa shape index (κ1) is 15.7. The molecule has 3 aromatic heterocycles. The highest BCUT2D eigenvalue weighted by Gasteiger charge is 2.24. The van der Waals surface area contributed by atoms with E-state index in [9.17, 15) is 0 Å². The zero-order chi connectivity index (χ0) is 17.5. The first-order valence-corrected chi connectivity index (χ1v) is 9.18. The summed E-state index contributed by atoms with van der Waals surface area (Å²) < 4.78 is 9.44. The summed E-state index contributed by atoms with van der Waals surface area (Å²) in [6.45, 7) is 4.09. The number of hydrogen-bond donors (Lipinski definition) is 0. The Labute approximate surface area is 151 Å². The summed E-state index contributed by atoms with van der Waals surface area (Å²) >= 11 is 0. The molecule has 2 aliphatic heterocycles. The second-order valence-electron chi connectivity index (χ2n) is 6.97. The number of rotatable bonds is 2. The minimum atomic E-state index is 0.439. The monoisotopic (exact) mass is 354 g/mol. The molecular formula is C17H22N8O. The number of aryl methyl sites for hydroxylation is 1. The lowest BCUT2D eigenvalue weighted by atomic mass is 10.00. The predicted octanol–water partition coefficient (Wildman–Crippen LogP) is 0.911. The van der Waals surface area contributed by atoms with Crippen molar-refractivity contribution in [1.82, 2.24) is 34.3 Å². The maximum Gasteiger partial charge on any atom is 0.227 e. The van der Waals surface area contributed by atoms with Crippen LogP contribution in [0.2, 0.25) is 0 Å². The van der Waals surface area contributed by atoms with Crippen LogP contribution in [0.3, 0.4) is 0 Å². The van der Waals surface area contributed by atoms with Gasteiger partial charge in [0.25, 0.3) is 0 Å². The molecule has 0 aliphatic carbocycles. The molecule has 1 saturated heterocycles. The fraction of sp³-hybridized carbons (Fsp3) is 0.588. The van der Waals surface area contributed by atoms with E-state index in [1.165, 1.54) is 0 Å². The Bertz CT molecular complexity index is 901. The van der Waals surface area contributed by atoms with Crippen LogP contribution in [0.1, 0.15) is 30.4 Å². The SMILES string of the molecule is Cn1cnc2nc(N3CCc4nc(C5CCOCC5)nn4CC3)ncc21. The van der Waals surface area contributed by atoms with Gasteiger partial charge >= 0.3 is 0 Å². The number of imidazole rings is 1. The summed E-state index contributed by atoms with van der Waals surface area (Å²) in [6.07, 6.45) is 6.50. The van der Waals surface area contributed by atoms with Gasteiger partial charge in [-0.1, -0.05) is 0 Å². The normalized spacial score (nSPS) is 18.9. The fourth-order valence-electron chi connectivity index (χ4n) is 3.71. The number of ether oxygens (including phenoxy) is 1. The van der Waals surface area contributed by atoms with Gasteiger partial charge in [-0.3, -0.25) is 0 Å². The van der Waals surface area contributed by atoms with Crippen LogP contribution in [-0.2, 0) is 24.8 Å². The third kappa shape index (κ3) is 2.72. The van der Waals surface area contributed by atoms with Crippen LogP contribution in [0.5, 0.6) is 0 Å². The molecule has 2 aliphatic rings. The highest BCUT2D eigenvalue weighted by atomic mass is 16.5. The first-order valence-electron chi connectivity index (χ1n) is 9.18. The number of nitrogens with zero attached hydrogens (tertiary/aromatic N) is 8. The maximum absolute atomic E-state index is 5.45. The van der Waals surface area contributed by atoms with Crippen LogP contribution >= 0.6 is 0 Å². The molecule has 0 radical (unpaired) electrons. The van der Waals surface area contributed by atoms with Crippen molar-refractivity contribution in [2.24, 2.45) is 7.05 Å². The van der Waals surface area contributed by atoms with Gasteiger partial charge in [-0.25, -0.2) is 19.6 Å². The van der Waals surface area contributed by atoms with E-state index in [1.807, 2.05) is 17.8 Å². The van der Waals surface area contributed by atoms with Crippen molar-refractivity contribution in [3.8, 4) is 0 Å². The van der Waals surface area contributed by atoms with Crippen molar-refractivity contribution in [3.05, 3.63) is 24.2 Å². The minimum Gasteiger partial charge on any atom is -0.381 e. The Balaban J connectivity index is 1.34. The van der Waals surface area contributed by atoms with Crippen molar-refractivity contribution in [3.63, 3.8) is 0 Å². The second kappa shape index (κ2) is 6.31. The quantitative estimate of drug-likeness (QED) is 0.676. The van der Waals surface area contributed by atoms with Crippen molar-refractivity contribution in [1.29, 1.82) is 0 Å². The molecule has 0 bridgehead atoms. The fourth-order valence-corrected chi connectivity index (χ4v) is 3.71. The Morgan fingerprint density at radius 1 is 1.08 bits per heavy atom. The van der Waals surface area contributed by atoms with E-state index in [2.05, 4.69) is 24.5 Å². The maximum atomic E-state index is 5.45. The molecular weight excluding hydrogens is 332 g/mol. The van der Waals surface area contributed by atoms with E-state index in [0.717, 1.165) is 80.9 Å². The first-order chi connectivity index (χ1) is 12.8. The van der Waals surface area contributed by atoms with Crippen molar-refractivity contribution < 1.29 is 4.74 Å². The van der Waals surface area contributed by atoms with Gasteiger partial charge in [-0.15, -0.1) is 0 Å². The molecule has 0 amide bonds. The summed E-state index contributed by atoms with van der Waals surface area (Å²) in [6, 6.07) is 0. The van der Waals surface area contributed by atoms with E-state index in [4.69, 9.17) is 14.8 Å². The average molecular weight is 354 g/mol. The Morgan fingerprint density at radius 3 is 2.85 bits per heavy atom. The van der Waals surface area contributed by atoms with Gasteiger partial charge < -0.3 is 14.2 Å². The summed E-state index contributed by atoms with van der Waals surface area (Å²) in [7, 11) is 1.95. The van der Waals surface area contributed by atoms with Crippen LogP contribution in [0.4, 0.5) is 5.95 Å². The van der Waals surface area contributed by atoms with Gasteiger partial charge in [0.15, 0.2) is 11.5 Å². The molecule has 3 aromatic rings. The molecule has 0 N–H and O–H groups in total. The summed E-state index contributed by atoms with van der Waals surface area (Å²) in [5.74, 6) is 3.22. The minimum absolute atomic E-state index is 0.439. The van der Waals surface area contributed by atoms with Crippen molar-refractivity contribution in [2.75, 3.05) is 31.2 Å². The van der Waals surface area contributed by atoms with Gasteiger partial charge in [0.1, 0.15) is 11.3 Å². The molecule has 9 heteroatoms. The zero-order valence-corrected chi connectivity index (χ0v) is 14.9. The van der Waals surface area contributed by atoms with Crippen molar-refractivity contribution in [2.45, 2.75) is 31.7 Å². The smallest absolute Gasteiger partial charge is 0.227 e. The van der Waals surface area contributed by atoms with Gasteiger partial charge in [-0.2, -0.15) is 10.1 Å². The molecule has 0 unspecified atom stereocenters. The van der Waals surface area contributed by atoms with Crippen LogP contribution in [0, 0.1) is 0 Å². The topological polar surface area (TPSA) is 86.8 Å². The predicted molar refractivity (Wildman–Crippen MR) is 95.0 cm³/mol. The van der Waals surface area contributed by atoms with Crippen LogP contribution in [0.15, 0.2) is 12.5 Å². The lowest BCUT2D eigenvalue weighted by Crippen LogP contribution is -2.28. The van der Waals surface area contributed by atoms with Gasteiger partial charge in [0.2, 0.25) is 5.95 Å². The standard InChI is InChI=1S/C17H22N8O/c1-23-11-19-16-13(23)10-18-17(21-16)24-5-2-14-20-15(22-25(14)7-6-24)12-3-8-26-9-4-12/h10-12H,2-9H2,1H3. The number of hydrogen-bond acceptors (Lipinski definition) is 7. The number of aromatic nitrogens is 7. The Hall–Kier alpha value is -2.55. The molecule has 0 saturated carbocycles. The highest BCUT2D eigenvalue weighted by Crippen LogP contribution is 2.25. The molecule has 1 fully saturated rings. The van der Waals surface area contributed by atoms with E-state index in [1.54, 1.807) is 6.33 Å². The molecule has 0 aromatic carbocycles. The van der Waals surface area contributed by atoms with E-state index < -0.39 is 0 Å². The summed E-state index contributed by atoms with van der Waals surface area (Å²) in [5, 5.41) is 4.78. The van der Waals surface area contributed by atoms with Crippen LogP contribution in [0.25, 0.3) is 11.2 Å². The van der Waals surface area contributed by atoms with Crippen LogP contribution < -0.4 is 4.90 Å². The van der Waals surface area contributed by atoms with E-state index in [-0.39, 0.29) is 0 Å². The Kier molecular flexibility index (Phi) is 3.81. The second-order valence-corrected chi connectivity index (χ2v) is 6.97. The zero-order valence-electron chi connectivity index (χ0n) is 14.9. The Morgan fingerprint density at radius 2 is 1.96 bits per heavy atom. The molecule has 5 heterocycles.